The second-order valence-electron chi connectivity index (χ2n) is 9.98. The van der Waals surface area contributed by atoms with Crippen LogP contribution in [0.5, 0.6) is 0 Å². The van der Waals surface area contributed by atoms with Crippen molar-refractivity contribution in [2.24, 2.45) is 0 Å². The molecule has 6 heteroatoms. The maximum Gasteiger partial charge on any atom is 0.254 e. The first kappa shape index (κ1) is 24.9. The molecule has 0 unspecified atom stereocenters. The fraction of sp³-hybridized carbons (Fsp3) is 0.233. The second kappa shape index (κ2) is 10.6. The van der Waals surface area contributed by atoms with E-state index < -0.39 is 0 Å². The fourth-order valence-corrected chi connectivity index (χ4v) is 3.92. The topological polar surface area (TPSA) is 67.2 Å². The van der Waals surface area contributed by atoms with E-state index in [4.69, 9.17) is 5.10 Å². The zero-order valence-corrected chi connectivity index (χ0v) is 21.2. The van der Waals surface area contributed by atoms with Gasteiger partial charge in [0.1, 0.15) is 12.4 Å². The van der Waals surface area contributed by atoms with E-state index in [1.54, 1.807) is 21.7 Å². The van der Waals surface area contributed by atoms with E-state index in [1.165, 1.54) is 0 Å². The maximum absolute atomic E-state index is 13.3. The molecule has 0 bridgehead atoms. The summed E-state index contributed by atoms with van der Waals surface area (Å²) in [6.07, 6.45) is 0. The van der Waals surface area contributed by atoms with Gasteiger partial charge in [-0.2, -0.15) is 5.10 Å². The molecule has 1 N–H and O–H groups in total. The second-order valence-corrected chi connectivity index (χ2v) is 9.98. The molecule has 0 aliphatic carbocycles. The minimum atomic E-state index is -0.288. The maximum atomic E-state index is 13.3. The Balaban J connectivity index is 1.61. The molecule has 3 aromatic carbocycles. The number of nitrogens with one attached hydrogen (secondary N) is 1. The lowest BCUT2D eigenvalue weighted by atomic mass is 9.92. The van der Waals surface area contributed by atoms with E-state index in [1.807, 2.05) is 85.8 Å². The van der Waals surface area contributed by atoms with Crippen LogP contribution >= 0.6 is 0 Å². The highest BCUT2D eigenvalue weighted by Crippen LogP contribution is 2.26. The molecular formula is C30H32N4O2. The van der Waals surface area contributed by atoms with Crippen LogP contribution in [0, 0.1) is 6.92 Å². The van der Waals surface area contributed by atoms with Gasteiger partial charge in [-0.25, -0.2) is 4.68 Å². The van der Waals surface area contributed by atoms with E-state index in [0.29, 0.717) is 17.9 Å². The van der Waals surface area contributed by atoms with Crippen molar-refractivity contribution in [2.75, 3.05) is 11.9 Å². The number of hydrogen-bond acceptors (Lipinski definition) is 3. The summed E-state index contributed by atoms with van der Waals surface area (Å²) < 4.78 is 1.76. The quantitative estimate of drug-likeness (QED) is 0.366. The van der Waals surface area contributed by atoms with Gasteiger partial charge in [0.05, 0.1) is 11.4 Å². The van der Waals surface area contributed by atoms with E-state index in [9.17, 15) is 9.59 Å². The molecule has 1 aromatic heterocycles. The van der Waals surface area contributed by atoms with Crippen LogP contribution in [0.1, 0.15) is 48.0 Å². The normalized spacial score (nSPS) is 11.2. The third-order valence-corrected chi connectivity index (χ3v) is 5.85. The highest BCUT2D eigenvalue weighted by atomic mass is 16.2. The summed E-state index contributed by atoms with van der Waals surface area (Å²) in [6, 6.07) is 28.6. The molecule has 0 aliphatic rings. The van der Waals surface area contributed by atoms with Crippen LogP contribution in [0.3, 0.4) is 0 Å². The lowest BCUT2D eigenvalue weighted by Gasteiger charge is -2.22. The summed E-state index contributed by atoms with van der Waals surface area (Å²) in [4.78, 5) is 28.2. The van der Waals surface area contributed by atoms with Gasteiger partial charge in [-0.1, -0.05) is 81.4 Å². The van der Waals surface area contributed by atoms with Gasteiger partial charge in [0.15, 0.2) is 0 Å². The number of benzene rings is 3. The largest absolute Gasteiger partial charge is 0.325 e. The molecule has 6 nitrogen and oxygen atoms in total. The number of aromatic nitrogens is 2. The number of rotatable bonds is 7. The van der Waals surface area contributed by atoms with Crippen LogP contribution in [0.4, 0.5) is 5.82 Å². The Bertz CT molecular complexity index is 1340. The van der Waals surface area contributed by atoms with Crippen LogP contribution < -0.4 is 5.32 Å². The molecule has 0 fully saturated rings. The molecule has 0 aliphatic heterocycles. The Morgan fingerprint density at radius 2 is 1.56 bits per heavy atom. The van der Waals surface area contributed by atoms with Gasteiger partial charge in [0.25, 0.3) is 5.91 Å². The molecular weight excluding hydrogens is 448 g/mol. The highest BCUT2D eigenvalue weighted by molar-refractivity contribution is 5.99. The molecule has 1 heterocycles. The highest BCUT2D eigenvalue weighted by Gasteiger charge is 2.24. The fourth-order valence-electron chi connectivity index (χ4n) is 3.92. The summed E-state index contributed by atoms with van der Waals surface area (Å²) in [5.74, 6) is 0.0870. The average molecular weight is 481 g/mol. The van der Waals surface area contributed by atoms with Crippen molar-refractivity contribution in [1.29, 1.82) is 0 Å². The number of carbonyl (C=O) groups excluding carboxylic acids is 2. The van der Waals surface area contributed by atoms with E-state index in [0.717, 1.165) is 22.5 Å². The van der Waals surface area contributed by atoms with Crippen molar-refractivity contribution in [3.8, 4) is 5.69 Å². The predicted molar refractivity (Wildman–Crippen MR) is 143 cm³/mol. The SMILES string of the molecule is Cc1cccc(-n2nc(C(C)(C)C)cc2NC(=O)CN(Cc2ccccc2)C(=O)c2ccccc2)c1. The molecule has 0 spiro atoms. The lowest BCUT2D eigenvalue weighted by molar-refractivity contribution is -0.117. The van der Waals surface area contributed by atoms with E-state index in [-0.39, 0.29) is 23.8 Å². The molecule has 4 aromatic rings. The van der Waals surface area contributed by atoms with Gasteiger partial charge < -0.3 is 10.2 Å². The minimum absolute atomic E-state index is 0.0908. The first-order valence-corrected chi connectivity index (χ1v) is 12.1. The molecule has 0 saturated heterocycles. The third-order valence-electron chi connectivity index (χ3n) is 5.85. The first-order chi connectivity index (χ1) is 17.2. The lowest BCUT2D eigenvalue weighted by Crippen LogP contribution is -2.37. The number of carbonyl (C=O) groups is 2. The Hall–Kier alpha value is -4.19. The smallest absolute Gasteiger partial charge is 0.254 e. The zero-order valence-electron chi connectivity index (χ0n) is 21.2. The van der Waals surface area contributed by atoms with Crippen molar-refractivity contribution in [1.82, 2.24) is 14.7 Å². The third kappa shape index (κ3) is 6.08. The van der Waals surface area contributed by atoms with Gasteiger partial charge in [0, 0.05) is 23.6 Å². The van der Waals surface area contributed by atoms with Gasteiger partial charge in [-0.05, 0) is 42.3 Å². The van der Waals surface area contributed by atoms with Crippen LogP contribution in [0.15, 0.2) is 91.0 Å². The number of aryl methyl sites for hydroxylation is 1. The number of anilines is 1. The van der Waals surface area contributed by atoms with Crippen molar-refractivity contribution < 1.29 is 9.59 Å². The van der Waals surface area contributed by atoms with E-state index >= 15 is 0 Å². The van der Waals surface area contributed by atoms with Gasteiger partial charge in [-0.3, -0.25) is 9.59 Å². The number of amides is 2. The standard InChI is InChI=1S/C30H32N4O2/c1-22-12-11-17-25(18-22)34-27(19-26(32-34)30(2,3)4)31-28(35)21-33(20-23-13-7-5-8-14-23)29(36)24-15-9-6-10-16-24/h5-19H,20-21H2,1-4H3,(H,31,35). The van der Waals surface area contributed by atoms with Crippen molar-refractivity contribution in [3.05, 3.63) is 113 Å². The summed E-state index contributed by atoms with van der Waals surface area (Å²) in [5, 5.41) is 7.81. The summed E-state index contributed by atoms with van der Waals surface area (Å²) in [7, 11) is 0. The minimum Gasteiger partial charge on any atom is -0.325 e. The molecule has 184 valence electrons. The van der Waals surface area contributed by atoms with Crippen LogP contribution in [0.2, 0.25) is 0 Å². The van der Waals surface area contributed by atoms with Gasteiger partial charge >= 0.3 is 0 Å². The molecule has 0 atom stereocenters. The van der Waals surface area contributed by atoms with Crippen molar-refractivity contribution in [2.45, 2.75) is 39.7 Å². The molecule has 2 amide bonds. The summed E-state index contributed by atoms with van der Waals surface area (Å²) >= 11 is 0. The van der Waals surface area contributed by atoms with Crippen LogP contribution in [-0.2, 0) is 16.8 Å². The van der Waals surface area contributed by atoms with Gasteiger partial charge in [-0.15, -0.1) is 0 Å². The average Bonchev–Trinajstić information content (AvgIpc) is 3.29. The molecule has 0 saturated carbocycles. The molecule has 4 rings (SSSR count). The summed E-state index contributed by atoms with van der Waals surface area (Å²) in [5.41, 5.74) is 4.12. The predicted octanol–water partition coefficient (Wildman–Crippen LogP) is 5.76. The molecule has 36 heavy (non-hydrogen) atoms. The Labute approximate surface area is 212 Å². The summed E-state index contributed by atoms with van der Waals surface area (Å²) in [6.45, 7) is 8.51. The van der Waals surface area contributed by atoms with E-state index in [2.05, 4.69) is 26.1 Å². The number of nitrogens with zero attached hydrogens (tertiary/aromatic N) is 3. The van der Waals surface area contributed by atoms with Crippen LogP contribution in [0.25, 0.3) is 5.69 Å². The number of hydrogen-bond donors (Lipinski definition) is 1. The van der Waals surface area contributed by atoms with Crippen molar-refractivity contribution in [3.63, 3.8) is 0 Å². The Morgan fingerprint density at radius 3 is 2.19 bits per heavy atom. The zero-order chi connectivity index (χ0) is 25.7. The molecule has 0 radical (unpaired) electrons. The monoisotopic (exact) mass is 480 g/mol. The van der Waals surface area contributed by atoms with Gasteiger partial charge in [0.2, 0.25) is 5.91 Å². The van der Waals surface area contributed by atoms with Crippen LogP contribution in [-0.4, -0.2) is 33.0 Å². The Morgan fingerprint density at radius 1 is 0.889 bits per heavy atom. The van der Waals surface area contributed by atoms with Crippen molar-refractivity contribution >= 4 is 17.6 Å². The Kier molecular flexibility index (Phi) is 7.34. The first-order valence-electron chi connectivity index (χ1n) is 12.1.